The van der Waals surface area contributed by atoms with Crippen LogP contribution in [0, 0.1) is 11.6 Å². The van der Waals surface area contributed by atoms with Gasteiger partial charge in [0.15, 0.2) is 0 Å². The summed E-state index contributed by atoms with van der Waals surface area (Å²) < 4.78 is 43.7. The minimum absolute atomic E-state index is 0.0152. The minimum Gasteiger partial charge on any atom is -0.468 e. The van der Waals surface area contributed by atoms with Crippen molar-refractivity contribution in [2.24, 2.45) is 0 Å². The lowest BCUT2D eigenvalue weighted by atomic mass is 9.78. The fourth-order valence-corrected chi connectivity index (χ4v) is 4.47. The first-order chi connectivity index (χ1) is 17.3. The molecule has 0 fully saturated rings. The molecule has 2 aliphatic heterocycles. The van der Waals surface area contributed by atoms with Crippen LogP contribution < -0.4 is 10.6 Å². The van der Waals surface area contributed by atoms with Crippen LogP contribution in [0.4, 0.5) is 14.5 Å². The zero-order valence-electron chi connectivity index (χ0n) is 19.5. The second kappa shape index (κ2) is 10.3. The number of amides is 1. The molecule has 0 aliphatic carbocycles. The molecule has 36 heavy (non-hydrogen) atoms. The van der Waals surface area contributed by atoms with Crippen LogP contribution in [0.5, 0.6) is 0 Å². The molecular formula is C26H24F2N2O6. The van der Waals surface area contributed by atoms with E-state index in [1.807, 2.05) is 30.3 Å². The number of rotatable bonds is 9. The van der Waals surface area contributed by atoms with Crippen molar-refractivity contribution in [2.75, 3.05) is 26.1 Å². The lowest BCUT2D eigenvalue weighted by molar-refractivity contribution is -0.140. The summed E-state index contributed by atoms with van der Waals surface area (Å²) in [5, 5.41) is 5.52. The summed E-state index contributed by atoms with van der Waals surface area (Å²) in [6.45, 7) is -0.412. The number of benzene rings is 2. The van der Waals surface area contributed by atoms with Gasteiger partial charge in [0, 0.05) is 11.8 Å². The second-order valence-corrected chi connectivity index (χ2v) is 8.27. The van der Waals surface area contributed by atoms with Crippen molar-refractivity contribution in [1.29, 1.82) is 0 Å². The fraction of sp³-hybridized carbons (Fsp3) is 0.269. The summed E-state index contributed by atoms with van der Waals surface area (Å²) in [6, 6.07) is 11.4. The van der Waals surface area contributed by atoms with Crippen molar-refractivity contribution < 1.29 is 37.4 Å². The topological polar surface area (TPSA) is 103 Å². The standard InChI is InChI=1S/C26H24F2N2O6/c1-34-21(31)14-29-24(32)22-19-8-9-26(36-19,23(22)25(33)35-2)20(10-15-6-4-3-5-7-15)30-18-12-16(27)11-17(28)13-18/h3-9,11-13,19-20,30H,10,14H2,1-2H3,(H,29,32). The Morgan fingerprint density at radius 2 is 1.75 bits per heavy atom. The smallest absolute Gasteiger partial charge is 0.337 e. The van der Waals surface area contributed by atoms with Gasteiger partial charge in [-0.2, -0.15) is 0 Å². The molecule has 2 N–H and O–H groups in total. The molecule has 4 rings (SSSR count). The highest BCUT2D eigenvalue weighted by Gasteiger charge is 2.58. The van der Waals surface area contributed by atoms with Crippen LogP contribution in [0.25, 0.3) is 0 Å². The van der Waals surface area contributed by atoms with Crippen LogP contribution in [0.3, 0.4) is 0 Å². The van der Waals surface area contributed by atoms with Crippen LogP contribution in [0.15, 0.2) is 71.8 Å². The van der Waals surface area contributed by atoms with Gasteiger partial charge in [-0.3, -0.25) is 9.59 Å². The third-order valence-corrected chi connectivity index (χ3v) is 6.04. The summed E-state index contributed by atoms with van der Waals surface area (Å²) in [6.07, 6.45) is 2.61. The number of ether oxygens (including phenoxy) is 3. The largest absolute Gasteiger partial charge is 0.468 e. The second-order valence-electron chi connectivity index (χ2n) is 8.27. The highest BCUT2D eigenvalue weighted by atomic mass is 19.1. The number of esters is 2. The van der Waals surface area contributed by atoms with Gasteiger partial charge in [0.05, 0.1) is 31.4 Å². The molecule has 0 spiro atoms. The van der Waals surface area contributed by atoms with Gasteiger partial charge in [-0.05, 0) is 30.2 Å². The Morgan fingerprint density at radius 1 is 1.06 bits per heavy atom. The summed E-state index contributed by atoms with van der Waals surface area (Å²) in [5.74, 6) is -3.75. The average molecular weight is 498 g/mol. The van der Waals surface area contributed by atoms with Crippen LogP contribution >= 0.6 is 0 Å². The number of hydrogen-bond donors (Lipinski definition) is 2. The summed E-state index contributed by atoms with van der Waals surface area (Å²) in [7, 11) is 2.35. The quantitative estimate of drug-likeness (QED) is 0.405. The van der Waals surface area contributed by atoms with Crippen molar-refractivity contribution in [3.05, 3.63) is 89.0 Å². The third-order valence-electron chi connectivity index (χ3n) is 6.04. The van der Waals surface area contributed by atoms with E-state index in [4.69, 9.17) is 9.47 Å². The lowest BCUT2D eigenvalue weighted by Crippen LogP contribution is -2.49. The molecular weight excluding hydrogens is 474 g/mol. The fourth-order valence-electron chi connectivity index (χ4n) is 4.47. The number of anilines is 1. The Kier molecular flexibility index (Phi) is 7.16. The number of carbonyl (C=O) groups is 3. The van der Waals surface area contributed by atoms with Gasteiger partial charge < -0.3 is 24.8 Å². The first-order valence-corrected chi connectivity index (χ1v) is 11.1. The van der Waals surface area contributed by atoms with Crippen LogP contribution in [-0.2, 0) is 35.0 Å². The van der Waals surface area contributed by atoms with E-state index in [0.717, 1.165) is 23.8 Å². The van der Waals surface area contributed by atoms with E-state index in [1.165, 1.54) is 14.2 Å². The van der Waals surface area contributed by atoms with Crippen molar-refractivity contribution >= 4 is 23.5 Å². The van der Waals surface area contributed by atoms with E-state index in [-0.39, 0.29) is 23.3 Å². The monoisotopic (exact) mass is 498 g/mol. The first-order valence-electron chi connectivity index (χ1n) is 11.1. The molecule has 2 bridgehead atoms. The van der Waals surface area contributed by atoms with Crippen LogP contribution in [0.1, 0.15) is 5.56 Å². The first kappa shape index (κ1) is 25.1. The van der Waals surface area contributed by atoms with Gasteiger partial charge in [0.25, 0.3) is 5.91 Å². The Labute approximate surface area is 205 Å². The third kappa shape index (κ3) is 4.85. The summed E-state index contributed by atoms with van der Waals surface area (Å²) in [5.41, 5.74) is -0.622. The van der Waals surface area contributed by atoms with Gasteiger partial charge in [-0.15, -0.1) is 0 Å². The van der Waals surface area contributed by atoms with E-state index in [9.17, 15) is 23.2 Å². The van der Waals surface area contributed by atoms with Gasteiger partial charge in [-0.1, -0.05) is 36.4 Å². The maximum Gasteiger partial charge on any atom is 0.337 e. The number of hydrogen-bond acceptors (Lipinski definition) is 7. The molecule has 10 heteroatoms. The summed E-state index contributed by atoms with van der Waals surface area (Å²) in [4.78, 5) is 37.6. The minimum atomic E-state index is -1.51. The molecule has 0 aromatic heterocycles. The molecule has 2 aromatic rings. The normalized spacial score (nSPS) is 20.7. The van der Waals surface area contributed by atoms with Gasteiger partial charge in [0.1, 0.15) is 29.9 Å². The van der Waals surface area contributed by atoms with E-state index < -0.39 is 53.8 Å². The molecule has 2 aliphatic rings. The Hall–Kier alpha value is -4.05. The van der Waals surface area contributed by atoms with Gasteiger partial charge in [-0.25, -0.2) is 13.6 Å². The highest BCUT2D eigenvalue weighted by molar-refractivity contribution is 6.07. The number of carbonyl (C=O) groups excluding carboxylic acids is 3. The predicted octanol–water partition coefficient (Wildman–Crippen LogP) is 2.45. The number of nitrogens with one attached hydrogen (secondary N) is 2. The molecule has 0 radical (unpaired) electrons. The van der Waals surface area contributed by atoms with Gasteiger partial charge in [0.2, 0.25) is 0 Å². The summed E-state index contributed by atoms with van der Waals surface area (Å²) >= 11 is 0. The Morgan fingerprint density at radius 3 is 2.39 bits per heavy atom. The van der Waals surface area contributed by atoms with E-state index in [0.29, 0.717) is 0 Å². The number of fused-ring (bicyclic) bond motifs is 2. The van der Waals surface area contributed by atoms with E-state index >= 15 is 0 Å². The van der Waals surface area contributed by atoms with Crippen molar-refractivity contribution in [3.63, 3.8) is 0 Å². The molecule has 2 aromatic carbocycles. The average Bonchev–Trinajstić information content (AvgIpc) is 3.44. The van der Waals surface area contributed by atoms with Crippen molar-refractivity contribution in [1.82, 2.24) is 5.32 Å². The van der Waals surface area contributed by atoms with Crippen LogP contribution in [-0.4, -0.2) is 56.4 Å². The zero-order valence-corrected chi connectivity index (χ0v) is 19.5. The number of halogens is 2. The predicted molar refractivity (Wildman–Crippen MR) is 125 cm³/mol. The number of methoxy groups -OCH3 is 2. The molecule has 3 atom stereocenters. The maximum absolute atomic E-state index is 14.0. The molecule has 8 nitrogen and oxygen atoms in total. The molecule has 0 saturated heterocycles. The van der Waals surface area contributed by atoms with Crippen molar-refractivity contribution in [3.8, 4) is 0 Å². The molecule has 1 amide bonds. The molecule has 2 heterocycles. The highest BCUT2D eigenvalue weighted by Crippen LogP contribution is 2.47. The van der Waals surface area contributed by atoms with Crippen LogP contribution in [0.2, 0.25) is 0 Å². The van der Waals surface area contributed by atoms with E-state index in [2.05, 4.69) is 15.4 Å². The maximum atomic E-state index is 14.0. The SMILES string of the molecule is COC(=O)CNC(=O)C1=C(C(=O)OC)C2(C(Cc3ccccc3)Nc3cc(F)cc(F)c3)C=CC1O2. The van der Waals surface area contributed by atoms with Gasteiger partial charge >= 0.3 is 11.9 Å². The molecule has 3 unspecified atom stereocenters. The van der Waals surface area contributed by atoms with Crippen molar-refractivity contribution in [2.45, 2.75) is 24.2 Å². The Bertz CT molecular complexity index is 1230. The molecule has 0 saturated carbocycles. The molecule has 188 valence electrons. The lowest BCUT2D eigenvalue weighted by Gasteiger charge is -2.36. The Balaban J connectivity index is 1.78. The van der Waals surface area contributed by atoms with E-state index in [1.54, 1.807) is 12.2 Å². The zero-order chi connectivity index (χ0) is 25.9.